The predicted molar refractivity (Wildman–Crippen MR) is 59.2 cm³/mol. The topological polar surface area (TPSA) is 99.4 Å². The van der Waals surface area contributed by atoms with Crippen LogP contribution < -0.4 is 0 Å². The predicted octanol–water partition coefficient (Wildman–Crippen LogP) is -1.01. The molecular formula is C11H22O6. The van der Waals surface area contributed by atoms with E-state index in [1.54, 1.807) is 20.8 Å². The average molecular weight is 250 g/mol. The van der Waals surface area contributed by atoms with E-state index in [0.29, 0.717) is 0 Å². The summed E-state index contributed by atoms with van der Waals surface area (Å²) in [5.41, 5.74) is -1.66. The van der Waals surface area contributed by atoms with E-state index in [1.165, 1.54) is 0 Å². The second-order valence-electron chi connectivity index (χ2n) is 4.64. The van der Waals surface area contributed by atoms with Gasteiger partial charge in [-0.25, -0.2) is 0 Å². The normalized spacial score (nSPS) is 43.1. The Morgan fingerprint density at radius 2 is 1.94 bits per heavy atom. The van der Waals surface area contributed by atoms with Gasteiger partial charge in [-0.1, -0.05) is 6.92 Å². The van der Waals surface area contributed by atoms with Crippen molar-refractivity contribution in [1.82, 2.24) is 0 Å². The molecule has 0 amide bonds. The Labute approximate surface area is 101 Å². The summed E-state index contributed by atoms with van der Waals surface area (Å²) in [6.45, 7) is 4.71. The van der Waals surface area contributed by atoms with Gasteiger partial charge in [0.25, 0.3) is 0 Å². The molecule has 0 aliphatic carbocycles. The van der Waals surface area contributed by atoms with Gasteiger partial charge in [0.1, 0.15) is 23.9 Å². The minimum atomic E-state index is -1.66. The van der Waals surface area contributed by atoms with E-state index >= 15 is 0 Å². The summed E-state index contributed by atoms with van der Waals surface area (Å²) >= 11 is 0. The van der Waals surface area contributed by atoms with Crippen LogP contribution in [0.3, 0.4) is 0 Å². The van der Waals surface area contributed by atoms with Crippen LogP contribution in [-0.4, -0.2) is 63.3 Å². The molecule has 0 aromatic carbocycles. The summed E-state index contributed by atoms with van der Waals surface area (Å²) in [7, 11) is 0. The van der Waals surface area contributed by atoms with Gasteiger partial charge in [0.15, 0.2) is 6.29 Å². The Kier molecular flexibility index (Phi) is 4.88. The Balaban J connectivity index is 2.86. The fourth-order valence-electron chi connectivity index (χ4n) is 2.01. The molecule has 4 N–H and O–H groups in total. The highest BCUT2D eigenvalue weighted by atomic mass is 16.7. The molecule has 0 bridgehead atoms. The minimum absolute atomic E-state index is 0.158. The Morgan fingerprint density at radius 1 is 1.35 bits per heavy atom. The van der Waals surface area contributed by atoms with Crippen molar-refractivity contribution in [2.45, 2.75) is 63.5 Å². The van der Waals surface area contributed by atoms with Gasteiger partial charge in [0.2, 0.25) is 0 Å². The number of hydrogen-bond donors (Lipinski definition) is 4. The summed E-state index contributed by atoms with van der Waals surface area (Å²) in [5, 5.41) is 39.1. The number of hydrogen-bond acceptors (Lipinski definition) is 6. The van der Waals surface area contributed by atoms with Gasteiger partial charge in [-0.2, -0.15) is 0 Å². The molecule has 6 heteroatoms. The molecule has 1 aliphatic heterocycles. The molecule has 1 aliphatic rings. The van der Waals surface area contributed by atoms with Crippen LogP contribution in [0.2, 0.25) is 0 Å². The first-order valence-electron chi connectivity index (χ1n) is 5.87. The maximum absolute atomic E-state index is 10.2. The standard InChI is InChI=1S/C11H22O6/c1-4-11(15)7(5-12)17-10(16-6(2)3)8(13)9(11)14/h6-10,12-15H,4-5H2,1-3H3/t7?,8?,9?,10-,11?/m1/s1. The summed E-state index contributed by atoms with van der Waals surface area (Å²) in [6, 6.07) is 0. The van der Waals surface area contributed by atoms with Gasteiger partial charge in [0.05, 0.1) is 12.7 Å². The first-order chi connectivity index (χ1) is 7.86. The van der Waals surface area contributed by atoms with Gasteiger partial charge < -0.3 is 29.9 Å². The van der Waals surface area contributed by atoms with E-state index < -0.39 is 36.8 Å². The molecule has 0 radical (unpaired) electrons. The van der Waals surface area contributed by atoms with Crippen molar-refractivity contribution in [3.8, 4) is 0 Å². The fourth-order valence-corrected chi connectivity index (χ4v) is 2.01. The molecule has 4 unspecified atom stereocenters. The molecule has 6 nitrogen and oxygen atoms in total. The second-order valence-corrected chi connectivity index (χ2v) is 4.64. The van der Waals surface area contributed by atoms with Crippen molar-refractivity contribution in [2.75, 3.05) is 6.61 Å². The lowest BCUT2D eigenvalue weighted by molar-refractivity contribution is -0.337. The van der Waals surface area contributed by atoms with Crippen LogP contribution in [0.4, 0.5) is 0 Å². The third-order valence-corrected chi connectivity index (χ3v) is 3.11. The lowest BCUT2D eigenvalue weighted by Gasteiger charge is -2.47. The van der Waals surface area contributed by atoms with Crippen LogP contribution in [0.15, 0.2) is 0 Å². The highest BCUT2D eigenvalue weighted by Gasteiger charge is 2.53. The van der Waals surface area contributed by atoms with Crippen LogP contribution in [0.5, 0.6) is 0 Å². The molecule has 1 heterocycles. The van der Waals surface area contributed by atoms with Crippen LogP contribution >= 0.6 is 0 Å². The van der Waals surface area contributed by atoms with Crippen LogP contribution in [0.1, 0.15) is 27.2 Å². The van der Waals surface area contributed by atoms with Crippen LogP contribution in [0, 0.1) is 0 Å². The van der Waals surface area contributed by atoms with Gasteiger partial charge in [-0.15, -0.1) is 0 Å². The molecule has 0 aromatic rings. The molecular weight excluding hydrogens is 228 g/mol. The lowest BCUT2D eigenvalue weighted by Crippen LogP contribution is -2.67. The SMILES string of the molecule is CCC1(O)C(CO)O[C@@H](OC(C)C)C(O)C1O. The number of aliphatic hydroxyl groups is 4. The summed E-state index contributed by atoms with van der Waals surface area (Å²) in [5.74, 6) is 0. The van der Waals surface area contributed by atoms with Gasteiger partial charge in [-0.3, -0.25) is 0 Å². The highest BCUT2D eigenvalue weighted by Crippen LogP contribution is 2.33. The van der Waals surface area contributed by atoms with Crippen molar-refractivity contribution < 1.29 is 29.9 Å². The molecule has 1 rings (SSSR count). The monoisotopic (exact) mass is 250 g/mol. The Bertz CT molecular complexity index is 242. The number of rotatable bonds is 4. The molecule has 0 saturated carbocycles. The van der Waals surface area contributed by atoms with Crippen LogP contribution in [0.25, 0.3) is 0 Å². The Morgan fingerprint density at radius 3 is 2.35 bits per heavy atom. The first kappa shape index (κ1) is 14.8. The minimum Gasteiger partial charge on any atom is -0.394 e. The second kappa shape index (κ2) is 5.60. The first-order valence-corrected chi connectivity index (χ1v) is 5.87. The molecule has 1 fully saturated rings. The zero-order valence-electron chi connectivity index (χ0n) is 10.4. The lowest BCUT2D eigenvalue weighted by atomic mass is 9.82. The summed E-state index contributed by atoms with van der Waals surface area (Å²) in [4.78, 5) is 0. The van der Waals surface area contributed by atoms with Crippen LogP contribution in [-0.2, 0) is 9.47 Å². The van der Waals surface area contributed by atoms with E-state index in [2.05, 4.69) is 0 Å². The van der Waals surface area contributed by atoms with E-state index in [1.807, 2.05) is 0 Å². The average Bonchev–Trinajstić information content (AvgIpc) is 2.29. The molecule has 17 heavy (non-hydrogen) atoms. The molecule has 0 aromatic heterocycles. The zero-order chi connectivity index (χ0) is 13.2. The molecule has 0 spiro atoms. The summed E-state index contributed by atoms with van der Waals surface area (Å²) in [6.07, 6.45) is -4.82. The maximum atomic E-state index is 10.2. The number of aliphatic hydroxyl groups excluding tert-OH is 3. The van der Waals surface area contributed by atoms with Gasteiger partial charge in [0, 0.05) is 0 Å². The Hall–Kier alpha value is -0.240. The summed E-state index contributed by atoms with van der Waals surface area (Å²) < 4.78 is 10.6. The van der Waals surface area contributed by atoms with Crippen molar-refractivity contribution in [2.24, 2.45) is 0 Å². The van der Waals surface area contributed by atoms with Crippen molar-refractivity contribution in [3.05, 3.63) is 0 Å². The van der Waals surface area contributed by atoms with E-state index in [-0.39, 0.29) is 12.5 Å². The molecule has 5 atom stereocenters. The largest absolute Gasteiger partial charge is 0.394 e. The van der Waals surface area contributed by atoms with Crippen molar-refractivity contribution in [1.29, 1.82) is 0 Å². The van der Waals surface area contributed by atoms with Crippen molar-refractivity contribution in [3.63, 3.8) is 0 Å². The molecule has 1 saturated heterocycles. The van der Waals surface area contributed by atoms with Gasteiger partial charge >= 0.3 is 0 Å². The third-order valence-electron chi connectivity index (χ3n) is 3.11. The van der Waals surface area contributed by atoms with E-state index in [4.69, 9.17) is 9.47 Å². The van der Waals surface area contributed by atoms with E-state index in [9.17, 15) is 20.4 Å². The molecule has 102 valence electrons. The fraction of sp³-hybridized carbons (Fsp3) is 1.00. The van der Waals surface area contributed by atoms with Gasteiger partial charge in [-0.05, 0) is 20.3 Å². The highest BCUT2D eigenvalue weighted by molar-refractivity contribution is 5.01. The smallest absolute Gasteiger partial charge is 0.186 e. The third kappa shape index (κ3) is 2.78. The number of ether oxygens (including phenoxy) is 2. The zero-order valence-corrected chi connectivity index (χ0v) is 10.4. The van der Waals surface area contributed by atoms with Crippen molar-refractivity contribution >= 4 is 0 Å². The van der Waals surface area contributed by atoms with E-state index in [0.717, 1.165) is 0 Å². The maximum Gasteiger partial charge on any atom is 0.186 e. The quantitative estimate of drug-likeness (QED) is 0.510.